The van der Waals surface area contributed by atoms with Crippen LogP contribution in [0.25, 0.3) is 0 Å². The van der Waals surface area contributed by atoms with Gasteiger partial charge >= 0.3 is 6.18 Å². The van der Waals surface area contributed by atoms with E-state index >= 15 is 0 Å². The molecule has 0 saturated carbocycles. The molecule has 0 fully saturated rings. The van der Waals surface area contributed by atoms with Crippen LogP contribution < -0.4 is 10.5 Å². The van der Waals surface area contributed by atoms with Crippen molar-refractivity contribution in [2.24, 2.45) is 0 Å². The summed E-state index contributed by atoms with van der Waals surface area (Å²) in [6, 6.07) is 7.76. The Bertz CT molecular complexity index is 619. The van der Waals surface area contributed by atoms with Crippen molar-refractivity contribution in [3.05, 3.63) is 36.0 Å². The molecule has 1 aromatic carbocycles. The van der Waals surface area contributed by atoms with Gasteiger partial charge < -0.3 is 10.5 Å². The lowest BCUT2D eigenvalue weighted by Crippen LogP contribution is -2.11. The van der Waals surface area contributed by atoms with Crippen LogP contribution in [0, 0.1) is 0 Å². The number of alkyl halides is 3. The zero-order valence-electron chi connectivity index (χ0n) is 10.3. The Balaban J connectivity index is 2.31. The van der Waals surface area contributed by atoms with E-state index in [1.54, 1.807) is 24.3 Å². The average Bonchev–Trinajstić information content (AvgIpc) is 2.37. The van der Waals surface area contributed by atoms with E-state index in [0.717, 1.165) is 17.8 Å². The van der Waals surface area contributed by atoms with Crippen molar-refractivity contribution < 1.29 is 17.9 Å². The van der Waals surface area contributed by atoms with E-state index in [1.165, 1.54) is 7.11 Å². The predicted octanol–water partition coefficient (Wildman–Crippen LogP) is 3.24. The third-order valence-electron chi connectivity index (χ3n) is 2.27. The lowest BCUT2D eigenvalue weighted by atomic mass is 10.3. The Labute approximate surface area is 117 Å². The predicted molar refractivity (Wildman–Crippen MR) is 68.6 cm³/mol. The lowest BCUT2D eigenvalue weighted by Gasteiger charge is -2.08. The van der Waals surface area contributed by atoms with Gasteiger partial charge in [-0.05, 0) is 18.2 Å². The summed E-state index contributed by atoms with van der Waals surface area (Å²) in [5, 5.41) is 0.123. The molecule has 0 radical (unpaired) electrons. The standard InChI is InChI=1S/C12H10F3N3OS/c1-19-7-3-2-4-8(5-7)20-10-6-9(12(13,14)15)17-11(16)18-10/h2-6H,1H3,(H2,16,17,18). The summed E-state index contributed by atoms with van der Waals surface area (Å²) >= 11 is 1.05. The number of nitrogens with two attached hydrogens (primary N) is 1. The van der Waals surface area contributed by atoms with E-state index in [-0.39, 0.29) is 5.03 Å². The van der Waals surface area contributed by atoms with Crippen LogP contribution in [0.15, 0.2) is 40.3 Å². The highest BCUT2D eigenvalue weighted by Gasteiger charge is 2.33. The molecule has 0 amide bonds. The first-order valence-corrected chi connectivity index (χ1v) is 6.24. The van der Waals surface area contributed by atoms with Gasteiger partial charge in [-0.3, -0.25) is 0 Å². The van der Waals surface area contributed by atoms with Crippen LogP contribution in [0.4, 0.5) is 19.1 Å². The Morgan fingerprint density at radius 3 is 2.60 bits per heavy atom. The van der Waals surface area contributed by atoms with Gasteiger partial charge in [0.2, 0.25) is 5.95 Å². The summed E-state index contributed by atoms with van der Waals surface area (Å²) in [6.07, 6.45) is -4.55. The van der Waals surface area contributed by atoms with Crippen LogP contribution >= 0.6 is 11.8 Å². The fourth-order valence-corrected chi connectivity index (χ4v) is 2.30. The van der Waals surface area contributed by atoms with Gasteiger partial charge in [-0.15, -0.1) is 0 Å². The minimum atomic E-state index is -4.55. The third-order valence-corrected chi connectivity index (χ3v) is 3.18. The Morgan fingerprint density at radius 2 is 1.95 bits per heavy atom. The van der Waals surface area contributed by atoms with Crippen molar-refractivity contribution in [2.45, 2.75) is 16.1 Å². The second kappa shape index (κ2) is 5.58. The lowest BCUT2D eigenvalue weighted by molar-refractivity contribution is -0.141. The molecule has 0 bridgehead atoms. The highest BCUT2D eigenvalue weighted by Crippen LogP contribution is 2.33. The molecular weight excluding hydrogens is 291 g/mol. The number of aromatic nitrogens is 2. The van der Waals surface area contributed by atoms with Crippen molar-refractivity contribution >= 4 is 17.7 Å². The maximum Gasteiger partial charge on any atom is 0.433 e. The van der Waals surface area contributed by atoms with Crippen molar-refractivity contribution in [1.82, 2.24) is 9.97 Å². The SMILES string of the molecule is COc1cccc(Sc2cc(C(F)(F)F)nc(N)n2)c1. The molecule has 4 nitrogen and oxygen atoms in total. The molecule has 106 valence electrons. The van der Waals surface area contributed by atoms with E-state index < -0.39 is 17.8 Å². The van der Waals surface area contributed by atoms with Crippen LogP contribution in [-0.2, 0) is 6.18 Å². The third kappa shape index (κ3) is 3.53. The molecule has 2 aromatic rings. The van der Waals surface area contributed by atoms with Gasteiger partial charge in [0.05, 0.1) is 7.11 Å². The Kier molecular flexibility index (Phi) is 4.03. The zero-order valence-corrected chi connectivity index (χ0v) is 11.1. The van der Waals surface area contributed by atoms with Gasteiger partial charge in [0, 0.05) is 11.0 Å². The second-order valence-electron chi connectivity index (χ2n) is 3.73. The average molecular weight is 301 g/mol. The van der Waals surface area contributed by atoms with E-state index in [9.17, 15) is 13.2 Å². The Morgan fingerprint density at radius 1 is 1.20 bits per heavy atom. The first-order chi connectivity index (χ1) is 9.38. The number of anilines is 1. The van der Waals surface area contributed by atoms with Crippen LogP contribution in [0.1, 0.15) is 5.69 Å². The van der Waals surface area contributed by atoms with Gasteiger partial charge in [-0.1, -0.05) is 17.8 Å². The van der Waals surface area contributed by atoms with Crippen molar-refractivity contribution in [3.63, 3.8) is 0 Å². The quantitative estimate of drug-likeness (QED) is 0.882. The van der Waals surface area contributed by atoms with E-state index in [4.69, 9.17) is 10.5 Å². The first-order valence-electron chi connectivity index (χ1n) is 5.42. The van der Waals surface area contributed by atoms with Crippen LogP contribution in [0.5, 0.6) is 5.75 Å². The van der Waals surface area contributed by atoms with Gasteiger partial charge in [-0.25, -0.2) is 9.97 Å². The fraction of sp³-hybridized carbons (Fsp3) is 0.167. The molecule has 1 aromatic heterocycles. The summed E-state index contributed by atoms with van der Waals surface area (Å²) < 4.78 is 42.9. The van der Waals surface area contributed by atoms with Crippen LogP contribution in [0.3, 0.4) is 0 Å². The number of hydrogen-bond donors (Lipinski definition) is 1. The molecule has 2 N–H and O–H groups in total. The maximum absolute atomic E-state index is 12.6. The van der Waals surface area contributed by atoms with Crippen LogP contribution in [-0.4, -0.2) is 17.1 Å². The van der Waals surface area contributed by atoms with Crippen LogP contribution in [0.2, 0.25) is 0 Å². The summed E-state index contributed by atoms with van der Waals surface area (Å²) in [4.78, 5) is 7.66. The number of benzene rings is 1. The summed E-state index contributed by atoms with van der Waals surface area (Å²) in [5.74, 6) is 0.193. The molecule has 0 aliphatic carbocycles. The van der Waals surface area contributed by atoms with Crippen molar-refractivity contribution in [1.29, 1.82) is 0 Å². The molecule has 0 atom stereocenters. The number of rotatable bonds is 3. The molecule has 0 unspecified atom stereocenters. The van der Waals surface area contributed by atoms with Gasteiger partial charge in [0.1, 0.15) is 10.8 Å². The molecule has 0 spiro atoms. The van der Waals surface area contributed by atoms with Gasteiger partial charge in [-0.2, -0.15) is 13.2 Å². The molecule has 0 aliphatic heterocycles. The smallest absolute Gasteiger partial charge is 0.433 e. The van der Waals surface area contributed by atoms with E-state index in [1.807, 2.05) is 0 Å². The van der Waals surface area contributed by atoms with Gasteiger partial charge in [0.25, 0.3) is 0 Å². The van der Waals surface area contributed by atoms with Crippen molar-refractivity contribution in [2.75, 3.05) is 12.8 Å². The molecule has 8 heteroatoms. The number of nitrogen functional groups attached to an aromatic ring is 1. The summed E-state index contributed by atoms with van der Waals surface area (Å²) in [5.41, 5.74) is 4.25. The molecule has 2 rings (SSSR count). The highest BCUT2D eigenvalue weighted by atomic mass is 32.2. The minimum absolute atomic E-state index is 0.123. The first kappa shape index (κ1) is 14.4. The fourth-order valence-electron chi connectivity index (χ4n) is 1.43. The summed E-state index contributed by atoms with van der Waals surface area (Å²) in [6.45, 7) is 0. The number of methoxy groups -OCH3 is 1. The topological polar surface area (TPSA) is 61.0 Å². The molecule has 0 saturated heterocycles. The molecular formula is C12H10F3N3OS. The van der Waals surface area contributed by atoms with E-state index in [2.05, 4.69) is 9.97 Å². The Hall–Kier alpha value is -1.96. The zero-order chi connectivity index (χ0) is 14.8. The number of halogens is 3. The minimum Gasteiger partial charge on any atom is -0.497 e. The van der Waals surface area contributed by atoms with Crippen molar-refractivity contribution in [3.8, 4) is 5.75 Å². The molecule has 20 heavy (non-hydrogen) atoms. The monoisotopic (exact) mass is 301 g/mol. The second-order valence-corrected chi connectivity index (χ2v) is 4.82. The van der Waals surface area contributed by atoms with E-state index in [0.29, 0.717) is 10.6 Å². The summed E-state index contributed by atoms with van der Waals surface area (Å²) in [7, 11) is 1.51. The highest BCUT2D eigenvalue weighted by molar-refractivity contribution is 7.99. The maximum atomic E-state index is 12.6. The van der Waals surface area contributed by atoms with Gasteiger partial charge in [0.15, 0.2) is 5.69 Å². The molecule has 1 heterocycles. The number of hydrogen-bond acceptors (Lipinski definition) is 5. The number of nitrogens with zero attached hydrogens (tertiary/aromatic N) is 2. The largest absolute Gasteiger partial charge is 0.497 e. The normalized spacial score (nSPS) is 11.4. The number of ether oxygens (including phenoxy) is 1. The molecule has 0 aliphatic rings.